The van der Waals surface area contributed by atoms with E-state index in [2.05, 4.69) is 252 Å². The molecule has 18 heterocycles. The summed E-state index contributed by atoms with van der Waals surface area (Å²) < 4.78 is 0. The number of fused-ring (bicyclic) bond motifs is 9. The third-order valence-electron chi connectivity index (χ3n) is 32.6. The van der Waals surface area contributed by atoms with Crippen molar-refractivity contribution in [2.24, 2.45) is 63.6 Å². The topological polar surface area (TPSA) is 59.7 Å². The molecule has 13 nitrogen and oxygen atoms in total. The molecule has 0 aromatic carbocycles. The highest BCUT2D eigenvalue weighted by atomic mass is 15.2. The highest BCUT2D eigenvalue weighted by Crippen LogP contribution is 2.38. The summed E-state index contributed by atoms with van der Waals surface area (Å²) in [6.07, 6.45) is 55.7. The lowest BCUT2D eigenvalue weighted by molar-refractivity contribution is 0.0594. The van der Waals surface area contributed by atoms with E-state index in [1.165, 1.54) is 394 Å². The SMILES string of the molecule is CC1(C)CCCC1.CC1CCCC1.CC1CCN(C)CC1.CC1CCN(C)CC1.CN1CCC(C)(C)CC1.CN1CCC(C)(C)CC1.CN1CCCC1(C)C.C[C@H]1C2CCN1CC2.C[C@H]1CC2CCN1CC2.C[C@H]1CCC2CCN1CC2.C[C@H]1CCCCN1.C[C@H]1CCCCN1C.C[C@H]1CCCN(C)C1.C[C@H]1CCCN1C.C[C@H]1CCCNC1. The second-order valence-electron chi connectivity index (χ2n) is 46.7. The minimum Gasteiger partial charge on any atom is -0.316 e. The van der Waals surface area contributed by atoms with Crippen LogP contribution in [0.2, 0.25) is 0 Å². The van der Waals surface area contributed by atoms with Crippen molar-refractivity contribution in [1.82, 2.24) is 64.5 Å². The maximum atomic E-state index is 3.38. The zero-order valence-electron chi connectivity index (χ0n) is 86.1. The molecule has 2 aliphatic carbocycles. The van der Waals surface area contributed by atoms with Gasteiger partial charge in [-0.3, -0.25) is 0 Å². The van der Waals surface area contributed by atoms with E-state index in [0.29, 0.717) is 21.8 Å². The maximum absolute atomic E-state index is 3.38. The summed E-state index contributed by atoms with van der Waals surface area (Å²) in [5.74, 6) is 8.10. The highest BCUT2D eigenvalue weighted by molar-refractivity contribution is 4.91. The number of nitrogens with one attached hydrogen (secondary N) is 2. The maximum Gasteiger partial charge on any atom is 0.0150 e. The molecule has 2 saturated carbocycles. The van der Waals surface area contributed by atoms with E-state index in [1.807, 2.05) is 0 Å². The van der Waals surface area contributed by atoms with Gasteiger partial charge >= 0.3 is 0 Å². The quantitative estimate of drug-likeness (QED) is 0.242. The molecule has 8 atom stereocenters. The van der Waals surface area contributed by atoms with E-state index in [-0.39, 0.29) is 0 Å². The second kappa shape index (κ2) is 61.1. The van der Waals surface area contributed by atoms with Crippen LogP contribution in [-0.4, -0.2) is 296 Å². The van der Waals surface area contributed by atoms with Crippen LogP contribution in [0.3, 0.4) is 0 Å². The Morgan fingerprint density at radius 2 is 0.681 bits per heavy atom. The van der Waals surface area contributed by atoms with Crippen LogP contribution >= 0.6 is 0 Å². The summed E-state index contributed by atoms with van der Waals surface area (Å²) in [4.78, 5) is 27.2. The van der Waals surface area contributed by atoms with Crippen molar-refractivity contribution in [1.29, 1.82) is 0 Å². The van der Waals surface area contributed by atoms with Crippen molar-refractivity contribution in [2.45, 2.75) is 424 Å². The van der Waals surface area contributed by atoms with Crippen LogP contribution in [0.4, 0.5) is 0 Å². The Labute approximate surface area is 747 Å². The molecule has 119 heavy (non-hydrogen) atoms. The lowest BCUT2D eigenvalue weighted by Crippen LogP contribution is -2.46. The molecule has 0 spiro atoms. The fraction of sp³-hybridized carbons (Fsp3) is 1.00. The number of rotatable bonds is 0. The summed E-state index contributed by atoms with van der Waals surface area (Å²) in [5.41, 5.74) is 2.42. The third-order valence-corrected chi connectivity index (χ3v) is 32.6. The van der Waals surface area contributed by atoms with Gasteiger partial charge in [-0.1, -0.05) is 128 Å². The molecule has 0 aromatic rings. The van der Waals surface area contributed by atoms with Crippen LogP contribution in [0.1, 0.15) is 382 Å². The minimum atomic E-state index is 0.486. The summed E-state index contributed by atoms with van der Waals surface area (Å²) in [5, 5.41) is 6.72. The Morgan fingerprint density at radius 3 is 0.933 bits per heavy atom. The van der Waals surface area contributed by atoms with E-state index in [9.17, 15) is 0 Å². The summed E-state index contributed by atoms with van der Waals surface area (Å²) in [6.45, 7) is 73.3. The van der Waals surface area contributed by atoms with Crippen molar-refractivity contribution in [3.8, 4) is 0 Å². The smallest absolute Gasteiger partial charge is 0.0150 e. The van der Waals surface area contributed by atoms with Crippen LogP contribution < -0.4 is 10.6 Å². The molecule has 20 rings (SSSR count). The van der Waals surface area contributed by atoms with Crippen molar-refractivity contribution in [2.75, 3.05) is 200 Å². The van der Waals surface area contributed by atoms with Crippen LogP contribution in [-0.2, 0) is 0 Å². The van der Waals surface area contributed by atoms with E-state index in [0.717, 1.165) is 83.6 Å². The minimum absolute atomic E-state index is 0.486. The Hall–Kier alpha value is -0.520. The molecular weight excluding hydrogens is 1460 g/mol. The fourth-order valence-electron chi connectivity index (χ4n) is 20.9. The standard InChI is InChI=1S/C9H17N.C8H15N.2C8H17N.C7H13N.5C7H15N.C7H14.3C6H13N.C6H12/c1-8-2-3-9-4-6-10(8)7-5-9;1-7-6-8-2-4-9(7)5-3-8;2*1-8(2)4-6-9(3)7-5-8;1-6-7-2-4-8(6)5-3-7;1-7(2)5-4-6-8(7)3;2*1-7-3-5-8(2)6-4-7;1-7-4-3-5-8(2)6-7;1-7-5-3-4-6-8(7)2;1-7(2)5-3-4-6-7;1-6-4-3-5-7(6)2;1-6-3-2-4-7-5-6;1-6-4-2-3-5-7-6;1-6-4-2-3-5-6/h8-9H,2-7H2,1H3;7-8H,2-6H2,1H3;2*4-7H2,1-3H3;6-7H,2-5H2,1H3;4-6H2,1-3H3;4*7H,3-6H2,1-2H3;3-6H2,1-2H3;6H,3-5H2,1-2H3;2*6-7H,2-5H2,1H3;6H,2-5H2,1H3/t8-;7-;;;6-;;;;2*7-;;3*6-;/m00..0...00.000./s1. The van der Waals surface area contributed by atoms with Gasteiger partial charge in [0.2, 0.25) is 0 Å². The largest absolute Gasteiger partial charge is 0.316 e. The zero-order valence-corrected chi connectivity index (χ0v) is 86.1. The van der Waals surface area contributed by atoms with Crippen molar-refractivity contribution >= 4 is 0 Å². The molecule has 0 unspecified atom stereocenters. The Balaban J connectivity index is 0.000000268. The zero-order chi connectivity index (χ0) is 88.0. The van der Waals surface area contributed by atoms with E-state index < -0.39 is 0 Å². The molecule has 0 radical (unpaired) electrons. The Morgan fingerprint density at radius 1 is 0.261 bits per heavy atom. The first kappa shape index (κ1) is 111. The number of nitrogens with zero attached hydrogens (tertiary/aromatic N) is 11. The van der Waals surface area contributed by atoms with Gasteiger partial charge in [-0.2, -0.15) is 0 Å². The molecule has 20 fully saturated rings. The predicted molar refractivity (Wildman–Crippen MR) is 530 cm³/mol. The molecule has 708 valence electrons. The predicted octanol–water partition coefficient (Wildman–Crippen LogP) is 23.0. The van der Waals surface area contributed by atoms with Crippen molar-refractivity contribution in [3.05, 3.63) is 0 Å². The molecule has 2 N–H and O–H groups in total. The first-order valence-corrected chi connectivity index (χ1v) is 52.5. The summed E-state index contributed by atoms with van der Waals surface area (Å²) >= 11 is 0. The molecule has 20 aliphatic rings. The second-order valence-corrected chi connectivity index (χ2v) is 46.7. The lowest BCUT2D eigenvalue weighted by Gasteiger charge is -2.43. The molecule has 6 bridgehead atoms. The normalized spacial score (nSPS) is 34.3. The van der Waals surface area contributed by atoms with Gasteiger partial charge in [-0.25, -0.2) is 0 Å². The summed E-state index contributed by atoms with van der Waals surface area (Å²) in [7, 11) is 17.6. The van der Waals surface area contributed by atoms with Crippen LogP contribution in [0.5, 0.6) is 0 Å². The van der Waals surface area contributed by atoms with Crippen molar-refractivity contribution in [3.63, 3.8) is 0 Å². The lowest BCUT2D eigenvalue weighted by atomic mass is 9.83. The Kier molecular flexibility index (Phi) is 56.9. The Bertz CT molecular complexity index is 2220. The van der Waals surface area contributed by atoms with Crippen LogP contribution in [0.15, 0.2) is 0 Å². The van der Waals surface area contributed by atoms with Crippen molar-refractivity contribution < 1.29 is 0 Å². The molecule has 18 saturated heterocycles. The van der Waals surface area contributed by atoms with Crippen LogP contribution in [0, 0.1) is 63.6 Å². The van der Waals surface area contributed by atoms with Gasteiger partial charge in [-0.05, 0) is 512 Å². The number of piperidine rings is 13. The van der Waals surface area contributed by atoms with E-state index in [4.69, 9.17) is 0 Å². The number of likely N-dealkylation sites (tertiary alicyclic amines) is 8. The van der Waals surface area contributed by atoms with Gasteiger partial charge in [0.25, 0.3) is 0 Å². The molecule has 0 aromatic heterocycles. The first-order valence-electron chi connectivity index (χ1n) is 52.5. The third kappa shape index (κ3) is 51.5. The number of hydrogen-bond acceptors (Lipinski definition) is 13. The van der Waals surface area contributed by atoms with Crippen LogP contribution in [0.25, 0.3) is 0 Å². The fourth-order valence-corrected chi connectivity index (χ4v) is 20.9. The monoisotopic (exact) mass is 1670 g/mol. The van der Waals surface area contributed by atoms with Gasteiger partial charge in [0.1, 0.15) is 0 Å². The average molecular weight is 1680 g/mol. The molecule has 13 heteroatoms. The van der Waals surface area contributed by atoms with Gasteiger partial charge in [0, 0.05) is 48.3 Å². The molecule has 18 aliphatic heterocycles. The van der Waals surface area contributed by atoms with Gasteiger partial charge in [-0.15, -0.1) is 0 Å². The van der Waals surface area contributed by atoms with E-state index in [1.54, 1.807) is 0 Å². The van der Waals surface area contributed by atoms with E-state index >= 15 is 0 Å². The molecule has 0 amide bonds. The average Bonchev–Trinajstić information content (AvgIpc) is 1.71. The first-order chi connectivity index (χ1) is 56.3. The highest BCUT2D eigenvalue weighted by Gasteiger charge is 2.37. The number of hydrogen-bond donors (Lipinski definition) is 2. The summed E-state index contributed by atoms with van der Waals surface area (Å²) in [6, 6.07) is 5.18. The van der Waals surface area contributed by atoms with Gasteiger partial charge in [0.15, 0.2) is 0 Å². The van der Waals surface area contributed by atoms with Gasteiger partial charge < -0.3 is 64.5 Å². The molecular formula is C106H219N13. The van der Waals surface area contributed by atoms with Gasteiger partial charge in [0.05, 0.1) is 0 Å².